The van der Waals surface area contributed by atoms with Crippen LogP contribution in [0, 0.1) is 11.3 Å². The van der Waals surface area contributed by atoms with Crippen LogP contribution >= 0.6 is 0 Å². The van der Waals surface area contributed by atoms with E-state index in [9.17, 15) is 9.59 Å². The molecule has 2 heterocycles. The van der Waals surface area contributed by atoms with Gasteiger partial charge in [-0.3, -0.25) is 14.4 Å². The standard InChI is InChI=1S/C20H27NO5/c1-12(14-9-7-6-8-10-14)21-17-16(13(2)25-18(17)22)15(26-21)11-24-19(23)20(3,4)5/h6-10,12-13,15-17H,11H2,1-5H3/t12-,13+,15+,16-,17+/m1/s1. The molecule has 6 heteroatoms. The number of hydrogen-bond acceptors (Lipinski definition) is 6. The van der Waals surface area contributed by atoms with Crippen LogP contribution in [-0.4, -0.2) is 41.9 Å². The first-order chi connectivity index (χ1) is 12.2. The molecule has 1 aromatic rings. The highest BCUT2D eigenvalue weighted by atomic mass is 16.7. The molecule has 142 valence electrons. The topological polar surface area (TPSA) is 65.1 Å². The van der Waals surface area contributed by atoms with E-state index in [1.807, 2.05) is 65.0 Å². The fraction of sp³-hybridized carbons (Fsp3) is 0.600. The Kier molecular flexibility index (Phi) is 5.08. The fourth-order valence-electron chi connectivity index (χ4n) is 3.54. The van der Waals surface area contributed by atoms with Crippen LogP contribution < -0.4 is 0 Å². The van der Waals surface area contributed by atoms with E-state index in [0.717, 1.165) is 5.56 Å². The van der Waals surface area contributed by atoms with Crippen LogP contribution in [0.1, 0.15) is 46.2 Å². The molecule has 0 N–H and O–H groups in total. The predicted octanol–water partition coefficient (Wildman–Crippen LogP) is 2.88. The van der Waals surface area contributed by atoms with Gasteiger partial charge in [0.2, 0.25) is 0 Å². The molecule has 0 aliphatic carbocycles. The zero-order chi connectivity index (χ0) is 19.1. The number of ether oxygens (including phenoxy) is 2. The van der Waals surface area contributed by atoms with Crippen LogP contribution in [0.5, 0.6) is 0 Å². The van der Waals surface area contributed by atoms with Crippen LogP contribution in [0.4, 0.5) is 0 Å². The molecule has 2 aliphatic rings. The average Bonchev–Trinajstić information content (AvgIpc) is 3.11. The number of carbonyl (C=O) groups excluding carboxylic acids is 2. The molecular formula is C20H27NO5. The lowest BCUT2D eigenvalue weighted by Gasteiger charge is -2.27. The number of cyclic esters (lactones) is 1. The second kappa shape index (κ2) is 7.00. The van der Waals surface area contributed by atoms with Gasteiger partial charge in [-0.15, -0.1) is 0 Å². The minimum absolute atomic E-state index is 0.107. The summed E-state index contributed by atoms with van der Waals surface area (Å²) in [4.78, 5) is 30.6. The molecule has 0 saturated carbocycles. The summed E-state index contributed by atoms with van der Waals surface area (Å²) in [5, 5.41) is 1.71. The van der Waals surface area contributed by atoms with Crippen molar-refractivity contribution in [2.75, 3.05) is 6.61 Å². The quantitative estimate of drug-likeness (QED) is 0.769. The zero-order valence-electron chi connectivity index (χ0n) is 16.0. The van der Waals surface area contributed by atoms with Crippen molar-refractivity contribution >= 4 is 11.9 Å². The van der Waals surface area contributed by atoms with E-state index in [4.69, 9.17) is 14.3 Å². The lowest BCUT2D eigenvalue weighted by Crippen LogP contribution is -2.37. The summed E-state index contributed by atoms with van der Waals surface area (Å²) in [7, 11) is 0. The fourth-order valence-corrected chi connectivity index (χ4v) is 3.54. The van der Waals surface area contributed by atoms with E-state index >= 15 is 0 Å². The van der Waals surface area contributed by atoms with Crippen LogP contribution in [0.3, 0.4) is 0 Å². The number of nitrogens with zero attached hydrogens (tertiary/aromatic N) is 1. The number of carbonyl (C=O) groups is 2. The largest absolute Gasteiger partial charge is 0.462 e. The molecule has 26 heavy (non-hydrogen) atoms. The summed E-state index contributed by atoms with van der Waals surface area (Å²) in [6.07, 6.45) is -0.683. The molecule has 0 aromatic heterocycles. The molecule has 2 saturated heterocycles. The van der Waals surface area contributed by atoms with Crippen molar-refractivity contribution in [3.05, 3.63) is 35.9 Å². The van der Waals surface area contributed by atoms with Crippen molar-refractivity contribution in [2.24, 2.45) is 11.3 Å². The van der Waals surface area contributed by atoms with E-state index in [2.05, 4.69) is 0 Å². The van der Waals surface area contributed by atoms with Gasteiger partial charge in [-0.25, -0.2) is 0 Å². The van der Waals surface area contributed by atoms with Gasteiger partial charge in [0.25, 0.3) is 0 Å². The molecule has 0 unspecified atom stereocenters. The lowest BCUT2D eigenvalue weighted by molar-refractivity contribution is -0.212. The molecule has 1 aromatic carbocycles. The van der Waals surface area contributed by atoms with Crippen molar-refractivity contribution in [3.63, 3.8) is 0 Å². The highest BCUT2D eigenvalue weighted by Gasteiger charge is 2.57. The number of hydrogen-bond donors (Lipinski definition) is 0. The monoisotopic (exact) mass is 361 g/mol. The Hall–Kier alpha value is -1.92. The van der Waals surface area contributed by atoms with E-state index in [1.54, 1.807) is 5.06 Å². The first-order valence-electron chi connectivity index (χ1n) is 9.08. The van der Waals surface area contributed by atoms with Gasteiger partial charge in [0.05, 0.1) is 17.4 Å². The molecule has 2 aliphatic heterocycles. The lowest BCUT2D eigenvalue weighted by atomic mass is 9.92. The Balaban J connectivity index is 1.78. The van der Waals surface area contributed by atoms with Gasteiger partial charge < -0.3 is 9.47 Å². The normalized spacial score (nSPS) is 30.0. The van der Waals surface area contributed by atoms with E-state index < -0.39 is 17.6 Å². The maximum Gasteiger partial charge on any atom is 0.326 e. The van der Waals surface area contributed by atoms with Crippen molar-refractivity contribution < 1.29 is 23.9 Å². The van der Waals surface area contributed by atoms with Gasteiger partial charge in [-0.1, -0.05) is 30.3 Å². The first-order valence-corrected chi connectivity index (χ1v) is 9.08. The van der Waals surface area contributed by atoms with Crippen LogP contribution in [-0.2, 0) is 23.9 Å². The van der Waals surface area contributed by atoms with E-state index in [1.165, 1.54) is 0 Å². The third-order valence-electron chi connectivity index (χ3n) is 5.07. The Bertz CT molecular complexity index is 669. The zero-order valence-corrected chi connectivity index (χ0v) is 16.0. The third kappa shape index (κ3) is 3.48. The molecule has 2 fully saturated rings. The Morgan fingerprint density at radius 2 is 1.92 bits per heavy atom. The smallest absolute Gasteiger partial charge is 0.326 e. The SMILES string of the molecule is C[C@@H]1OC(=O)[C@@H]2[C@H]1[C@H](COC(=O)C(C)(C)C)ON2[C@H](C)c1ccccc1. The number of rotatable bonds is 4. The average molecular weight is 361 g/mol. The molecule has 5 atom stereocenters. The van der Waals surface area contributed by atoms with Gasteiger partial charge in [0, 0.05) is 0 Å². The maximum atomic E-state index is 12.4. The van der Waals surface area contributed by atoms with Gasteiger partial charge in [0.15, 0.2) is 0 Å². The maximum absolute atomic E-state index is 12.4. The number of esters is 2. The molecule has 0 bridgehead atoms. The minimum Gasteiger partial charge on any atom is -0.462 e. The Morgan fingerprint density at radius 1 is 1.27 bits per heavy atom. The number of hydroxylamine groups is 2. The van der Waals surface area contributed by atoms with Crippen molar-refractivity contribution in [3.8, 4) is 0 Å². The molecule has 6 nitrogen and oxygen atoms in total. The van der Waals surface area contributed by atoms with Crippen LogP contribution in [0.15, 0.2) is 30.3 Å². The summed E-state index contributed by atoms with van der Waals surface area (Å²) < 4.78 is 10.9. The Labute approximate surface area is 154 Å². The van der Waals surface area contributed by atoms with Crippen molar-refractivity contribution in [1.29, 1.82) is 0 Å². The number of fused-ring (bicyclic) bond motifs is 1. The van der Waals surface area contributed by atoms with Gasteiger partial charge in [-0.2, -0.15) is 5.06 Å². The van der Waals surface area contributed by atoms with Gasteiger partial charge >= 0.3 is 11.9 Å². The summed E-state index contributed by atoms with van der Waals surface area (Å²) in [6, 6.07) is 9.25. The summed E-state index contributed by atoms with van der Waals surface area (Å²) in [5.41, 5.74) is 0.466. The van der Waals surface area contributed by atoms with E-state index in [-0.39, 0.29) is 36.6 Å². The third-order valence-corrected chi connectivity index (χ3v) is 5.07. The highest BCUT2D eigenvalue weighted by Crippen LogP contribution is 2.42. The summed E-state index contributed by atoms with van der Waals surface area (Å²) in [5.74, 6) is -0.735. The van der Waals surface area contributed by atoms with Gasteiger partial charge in [-0.05, 0) is 40.2 Å². The summed E-state index contributed by atoms with van der Waals surface area (Å²) in [6.45, 7) is 9.39. The Morgan fingerprint density at radius 3 is 2.54 bits per heavy atom. The van der Waals surface area contributed by atoms with Gasteiger partial charge in [0.1, 0.15) is 24.9 Å². The second-order valence-corrected chi connectivity index (χ2v) is 8.10. The second-order valence-electron chi connectivity index (χ2n) is 8.10. The van der Waals surface area contributed by atoms with Crippen molar-refractivity contribution in [2.45, 2.75) is 58.9 Å². The summed E-state index contributed by atoms with van der Waals surface area (Å²) >= 11 is 0. The minimum atomic E-state index is -0.581. The van der Waals surface area contributed by atoms with Crippen LogP contribution in [0.25, 0.3) is 0 Å². The molecule has 3 rings (SSSR count). The molecule has 0 spiro atoms. The molecular weight excluding hydrogens is 334 g/mol. The van der Waals surface area contributed by atoms with Crippen LogP contribution in [0.2, 0.25) is 0 Å². The predicted molar refractivity (Wildman–Crippen MR) is 94.8 cm³/mol. The molecule has 0 amide bonds. The molecule has 0 radical (unpaired) electrons. The number of benzene rings is 1. The van der Waals surface area contributed by atoms with Crippen molar-refractivity contribution in [1.82, 2.24) is 5.06 Å². The first kappa shape index (κ1) is 18.9. The highest BCUT2D eigenvalue weighted by molar-refractivity contribution is 5.79. The van der Waals surface area contributed by atoms with E-state index in [0.29, 0.717) is 0 Å².